The number of rotatable bonds is 4. The first-order valence-corrected chi connectivity index (χ1v) is 7.92. The van der Waals surface area contributed by atoms with Crippen molar-refractivity contribution in [2.24, 2.45) is 0 Å². The molecular weight excluding hydrogens is 371 g/mol. The fourth-order valence-electron chi connectivity index (χ4n) is 2.19. The average Bonchev–Trinajstić information content (AvgIpc) is 2.55. The van der Waals surface area contributed by atoms with E-state index in [0.29, 0.717) is 6.61 Å². The van der Waals surface area contributed by atoms with Gasteiger partial charge in [0.1, 0.15) is 12.4 Å². The van der Waals surface area contributed by atoms with Crippen molar-refractivity contribution in [1.82, 2.24) is 0 Å². The highest BCUT2D eigenvalue weighted by atomic mass is 127. The minimum Gasteiger partial charge on any atom is -0.488 e. The minimum atomic E-state index is 0.584. The van der Waals surface area contributed by atoms with Crippen molar-refractivity contribution in [3.63, 3.8) is 0 Å². The summed E-state index contributed by atoms with van der Waals surface area (Å²) >= 11 is 2.29. The van der Waals surface area contributed by atoms with Crippen LogP contribution >= 0.6 is 22.6 Å². The Morgan fingerprint density at radius 3 is 2.24 bits per heavy atom. The van der Waals surface area contributed by atoms with Gasteiger partial charge in [-0.15, -0.1) is 0 Å². The smallest absolute Gasteiger partial charge is 0.133 e. The fourth-order valence-corrected chi connectivity index (χ4v) is 2.74. The number of benzene rings is 3. The van der Waals surface area contributed by atoms with Gasteiger partial charge in [-0.1, -0.05) is 60.7 Å². The van der Waals surface area contributed by atoms with Crippen LogP contribution in [-0.4, -0.2) is 0 Å². The largest absolute Gasteiger partial charge is 0.488 e. The van der Waals surface area contributed by atoms with E-state index in [9.17, 15) is 0 Å². The van der Waals surface area contributed by atoms with Crippen molar-refractivity contribution in [2.45, 2.75) is 6.61 Å². The second-order valence-corrected chi connectivity index (χ2v) is 5.95. The normalized spacial score (nSPS) is 10.3. The first-order valence-electron chi connectivity index (χ1n) is 6.84. The number of hydrogen-bond donors (Lipinski definition) is 0. The molecule has 0 aliphatic heterocycles. The Hall–Kier alpha value is -1.81. The summed E-state index contributed by atoms with van der Waals surface area (Å²) in [6, 6.07) is 27.0. The minimum absolute atomic E-state index is 0.584. The maximum Gasteiger partial charge on any atom is 0.133 e. The van der Waals surface area contributed by atoms with E-state index < -0.39 is 0 Å². The molecule has 21 heavy (non-hydrogen) atoms. The van der Waals surface area contributed by atoms with E-state index in [0.717, 1.165) is 9.32 Å². The number of hydrogen-bond acceptors (Lipinski definition) is 1. The molecule has 0 bridgehead atoms. The fraction of sp³-hybridized carbons (Fsp3) is 0.0526. The summed E-state index contributed by atoms with van der Waals surface area (Å²) in [7, 11) is 0. The van der Waals surface area contributed by atoms with Gasteiger partial charge < -0.3 is 4.74 Å². The van der Waals surface area contributed by atoms with Crippen LogP contribution in [0.3, 0.4) is 0 Å². The zero-order chi connectivity index (χ0) is 14.5. The third-order valence-electron chi connectivity index (χ3n) is 3.27. The zero-order valence-electron chi connectivity index (χ0n) is 11.5. The second kappa shape index (κ2) is 6.76. The van der Waals surface area contributed by atoms with Gasteiger partial charge in [0.2, 0.25) is 0 Å². The maximum atomic E-state index is 5.91. The monoisotopic (exact) mass is 386 g/mol. The maximum absolute atomic E-state index is 5.91. The Kier molecular flexibility index (Phi) is 4.55. The molecule has 0 saturated heterocycles. The SMILES string of the molecule is Ic1ccccc1OCc1cccc(-c2ccccc2)c1. The predicted molar refractivity (Wildman–Crippen MR) is 95.4 cm³/mol. The highest BCUT2D eigenvalue weighted by Gasteiger charge is 2.02. The van der Waals surface area contributed by atoms with Crippen molar-refractivity contribution < 1.29 is 4.74 Å². The molecule has 0 unspecified atom stereocenters. The summed E-state index contributed by atoms with van der Waals surface area (Å²) in [4.78, 5) is 0. The van der Waals surface area contributed by atoms with Crippen molar-refractivity contribution in [1.29, 1.82) is 0 Å². The molecule has 0 spiro atoms. The number of halogens is 1. The van der Waals surface area contributed by atoms with Gasteiger partial charge >= 0.3 is 0 Å². The summed E-state index contributed by atoms with van der Waals surface area (Å²) in [6.45, 7) is 0.584. The lowest BCUT2D eigenvalue weighted by Crippen LogP contribution is -1.97. The first-order chi connectivity index (χ1) is 10.3. The van der Waals surface area contributed by atoms with Crippen LogP contribution < -0.4 is 4.74 Å². The van der Waals surface area contributed by atoms with Crippen LogP contribution in [-0.2, 0) is 6.61 Å². The van der Waals surface area contributed by atoms with Gasteiger partial charge in [0.15, 0.2) is 0 Å². The topological polar surface area (TPSA) is 9.23 Å². The molecule has 3 aromatic carbocycles. The summed E-state index contributed by atoms with van der Waals surface area (Å²) in [5.41, 5.74) is 3.63. The lowest BCUT2D eigenvalue weighted by Gasteiger charge is -2.09. The third-order valence-corrected chi connectivity index (χ3v) is 4.16. The van der Waals surface area contributed by atoms with E-state index in [2.05, 4.69) is 77.2 Å². The average molecular weight is 386 g/mol. The molecule has 0 N–H and O–H groups in total. The molecule has 0 heterocycles. The van der Waals surface area contributed by atoms with E-state index in [4.69, 9.17) is 4.74 Å². The number of para-hydroxylation sites is 1. The molecule has 0 radical (unpaired) electrons. The van der Waals surface area contributed by atoms with Gasteiger partial charge in [-0.3, -0.25) is 0 Å². The van der Waals surface area contributed by atoms with Gasteiger partial charge in [0.25, 0.3) is 0 Å². The van der Waals surface area contributed by atoms with Crippen molar-refractivity contribution in [2.75, 3.05) is 0 Å². The molecule has 0 atom stereocenters. The van der Waals surface area contributed by atoms with Gasteiger partial charge in [-0.05, 0) is 57.5 Å². The molecule has 0 saturated carbocycles. The van der Waals surface area contributed by atoms with Crippen LogP contribution in [0, 0.1) is 3.57 Å². The molecule has 0 aromatic heterocycles. The standard InChI is InChI=1S/C19H15IO/c20-18-11-4-5-12-19(18)21-14-15-7-6-10-17(13-15)16-8-2-1-3-9-16/h1-13H,14H2. The Morgan fingerprint density at radius 1 is 0.714 bits per heavy atom. The van der Waals surface area contributed by atoms with E-state index in [1.165, 1.54) is 16.7 Å². The highest BCUT2D eigenvalue weighted by Crippen LogP contribution is 2.23. The molecule has 104 valence electrons. The lowest BCUT2D eigenvalue weighted by atomic mass is 10.0. The second-order valence-electron chi connectivity index (χ2n) is 4.79. The zero-order valence-corrected chi connectivity index (χ0v) is 13.7. The molecule has 0 amide bonds. The van der Waals surface area contributed by atoms with Gasteiger partial charge in [-0.25, -0.2) is 0 Å². The lowest BCUT2D eigenvalue weighted by molar-refractivity contribution is 0.304. The van der Waals surface area contributed by atoms with Crippen LogP contribution in [0.5, 0.6) is 5.75 Å². The Morgan fingerprint density at radius 2 is 1.43 bits per heavy atom. The predicted octanol–water partition coefficient (Wildman–Crippen LogP) is 5.54. The number of ether oxygens (including phenoxy) is 1. The van der Waals surface area contributed by atoms with E-state index >= 15 is 0 Å². The van der Waals surface area contributed by atoms with Crippen LogP contribution in [0.1, 0.15) is 5.56 Å². The van der Waals surface area contributed by atoms with Crippen LogP contribution in [0.25, 0.3) is 11.1 Å². The molecule has 3 rings (SSSR count). The van der Waals surface area contributed by atoms with E-state index in [-0.39, 0.29) is 0 Å². The summed E-state index contributed by atoms with van der Waals surface area (Å²) < 4.78 is 7.04. The van der Waals surface area contributed by atoms with Gasteiger partial charge in [-0.2, -0.15) is 0 Å². The Labute approximate surface area is 138 Å². The summed E-state index contributed by atoms with van der Waals surface area (Å²) in [6.07, 6.45) is 0. The molecular formula is C19H15IO. The highest BCUT2D eigenvalue weighted by molar-refractivity contribution is 14.1. The van der Waals surface area contributed by atoms with E-state index in [1.54, 1.807) is 0 Å². The Bertz CT molecular complexity index is 722. The van der Waals surface area contributed by atoms with Crippen molar-refractivity contribution >= 4 is 22.6 Å². The molecule has 1 nitrogen and oxygen atoms in total. The first kappa shape index (κ1) is 14.1. The van der Waals surface area contributed by atoms with Gasteiger partial charge in [0, 0.05) is 0 Å². The Balaban J connectivity index is 1.77. The quantitative estimate of drug-likeness (QED) is 0.536. The van der Waals surface area contributed by atoms with Crippen molar-refractivity contribution in [3.8, 4) is 16.9 Å². The molecule has 0 fully saturated rings. The van der Waals surface area contributed by atoms with Crippen molar-refractivity contribution in [3.05, 3.63) is 88.0 Å². The van der Waals surface area contributed by atoms with Crippen LogP contribution in [0.2, 0.25) is 0 Å². The van der Waals surface area contributed by atoms with Crippen LogP contribution in [0.4, 0.5) is 0 Å². The summed E-state index contributed by atoms with van der Waals surface area (Å²) in [5.74, 6) is 0.934. The van der Waals surface area contributed by atoms with E-state index in [1.807, 2.05) is 24.3 Å². The molecule has 3 aromatic rings. The summed E-state index contributed by atoms with van der Waals surface area (Å²) in [5, 5.41) is 0. The van der Waals surface area contributed by atoms with Gasteiger partial charge in [0.05, 0.1) is 3.57 Å². The molecule has 2 heteroatoms. The molecule has 0 aliphatic rings. The van der Waals surface area contributed by atoms with Crippen LogP contribution in [0.15, 0.2) is 78.9 Å². The third kappa shape index (κ3) is 3.64. The molecule has 0 aliphatic carbocycles.